The number of H-pyrrole nitrogens is 1. The third kappa shape index (κ3) is 2.78. The van der Waals surface area contributed by atoms with Crippen molar-refractivity contribution in [2.75, 3.05) is 38.7 Å². The first-order valence-electron chi connectivity index (χ1n) is 7.29. The summed E-state index contributed by atoms with van der Waals surface area (Å²) in [5.74, 6) is -0.509. The quantitative estimate of drug-likeness (QED) is 0.706. The van der Waals surface area contributed by atoms with Crippen molar-refractivity contribution in [1.82, 2.24) is 24.9 Å². The minimum absolute atomic E-state index is 0.107. The minimum Gasteiger partial charge on any atom is -0.331 e. The van der Waals surface area contributed by atoms with Crippen LogP contribution in [-0.2, 0) is 9.84 Å². The van der Waals surface area contributed by atoms with Gasteiger partial charge in [0.1, 0.15) is 5.69 Å². The predicted molar refractivity (Wildman–Crippen MR) is 81.6 cm³/mol. The van der Waals surface area contributed by atoms with E-state index in [4.69, 9.17) is 0 Å². The van der Waals surface area contributed by atoms with E-state index in [0.717, 1.165) is 0 Å². The van der Waals surface area contributed by atoms with Crippen LogP contribution in [0.3, 0.4) is 0 Å². The van der Waals surface area contributed by atoms with Gasteiger partial charge in [-0.05, 0) is 6.07 Å². The number of aromatic nitrogens is 2. The maximum Gasteiger partial charge on any atom is 0.319 e. The van der Waals surface area contributed by atoms with Gasteiger partial charge in [0.2, 0.25) is 0 Å². The number of urea groups is 1. The van der Waals surface area contributed by atoms with Crippen LogP contribution in [0.15, 0.2) is 12.3 Å². The monoisotopic (exact) mass is 341 g/mol. The topological polar surface area (TPSA) is 107 Å². The fourth-order valence-corrected chi connectivity index (χ4v) is 5.21. The Kier molecular flexibility index (Phi) is 3.78. The summed E-state index contributed by atoms with van der Waals surface area (Å²) >= 11 is 0. The zero-order valence-electron chi connectivity index (χ0n) is 13.0. The highest BCUT2D eigenvalue weighted by Crippen LogP contribution is 2.28. The molecule has 3 amide bonds. The maximum atomic E-state index is 12.6. The number of hydrogen-bond acceptors (Lipinski definition) is 5. The van der Waals surface area contributed by atoms with Gasteiger partial charge in [-0.2, -0.15) is 5.10 Å². The van der Waals surface area contributed by atoms with E-state index >= 15 is 0 Å². The van der Waals surface area contributed by atoms with Gasteiger partial charge in [0.25, 0.3) is 5.91 Å². The Balaban J connectivity index is 1.90. The molecule has 0 radical (unpaired) electrons. The van der Waals surface area contributed by atoms with Crippen molar-refractivity contribution in [2.45, 2.75) is 12.1 Å². The summed E-state index contributed by atoms with van der Waals surface area (Å²) in [4.78, 5) is 29.4. The number of amides is 3. The second-order valence-corrected chi connectivity index (χ2v) is 8.20. The van der Waals surface area contributed by atoms with Gasteiger partial charge in [-0.25, -0.2) is 13.2 Å². The summed E-state index contributed by atoms with van der Waals surface area (Å²) in [6.07, 6.45) is 1.47. The van der Waals surface area contributed by atoms with Crippen LogP contribution in [0.4, 0.5) is 4.79 Å². The largest absolute Gasteiger partial charge is 0.331 e. The number of nitrogens with zero attached hydrogens (tertiary/aromatic N) is 4. The van der Waals surface area contributed by atoms with Crippen molar-refractivity contribution in [3.8, 4) is 0 Å². The Labute approximate surface area is 134 Å². The van der Waals surface area contributed by atoms with Gasteiger partial charge < -0.3 is 14.7 Å². The molecule has 3 heterocycles. The van der Waals surface area contributed by atoms with Crippen molar-refractivity contribution in [1.29, 1.82) is 0 Å². The summed E-state index contributed by atoms with van der Waals surface area (Å²) in [5.41, 5.74) is 0.320. The van der Waals surface area contributed by atoms with Crippen molar-refractivity contribution in [2.24, 2.45) is 0 Å². The number of carbonyl (C=O) groups is 2. The molecule has 23 heavy (non-hydrogen) atoms. The molecule has 1 N–H and O–H groups in total. The molecular weight excluding hydrogens is 322 g/mol. The molecule has 2 saturated heterocycles. The second-order valence-electron chi connectivity index (χ2n) is 6.05. The van der Waals surface area contributed by atoms with E-state index in [-0.39, 0.29) is 23.4 Å². The van der Waals surface area contributed by atoms with Crippen LogP contribution in [0, 0.1) is 0 Å². The number of carbonyl (C=O) groups excluding carboxylic acids is 2. The Morgan fingerprint density at radius 2 is 1.83 bits per heavy atom. The van der Waals surface area contributed by atoms with Crippen molar-refractivity contribution >= 4 is 21.8 Å². The molecule has 2 aliphatic heterocycles. The minimum atomic E-state index is -3.29. The SMILES string of the molecule is CN(C)C(=O)N1CCN(C(=O)c2ccn[nH]2)[C@H]2CS(=O)(=O)C[C@H]21. The fourth-order valence-electron chi connectivity index (χ4n) is 3.23. The molecule has 0 unspecified atom stereocenters. The van der Waals surface area contributed by atoms with Gasteiger partial charge in [-0.15, -0.1) is 0 Å². The standard InChI is InChI=1S/C13H19N5O4S/c1-16(2)13(20)18-6-5-17(12(19)9-3-4-14-15-9)10-7-23(21,22)8-11(10)18/h3-4,10-11H,5-8H2,1-2H3,(H,14,15)/t10-,11+/m0/s1. The number of nitrogens with one attached hydrogen (secondary N) is 1. The van der Waals surface area contributed by atoms with Gasteiger partial charge in [-0.3, -0.25) is 9.89 Å². The van der Waals surface area contributed by atoms with Crippen LogP contribution in [0.1, 0.15) is 10.5 Å². The molecule has 0 bridgehead atoms. The number of piperazine rings is 1. The first-order chi connectivity index (χ1) is 10.8. The summed E-state index contributed by atoms with van der Waals surface area (Å²) in [6, 6.07) is 0.299. The van der Waals surface area contributed by atoms with Crippen molar-refractivity contribution < 1.29 is 18.0 Å². The molecule has 2 atom stereocenters. The molecule has 9 nitrogen and oxygen atoms in total. The highest BCUT2D eigenvalue weighted by atomic mass is 32.2. The molecule has 0 saturated carbocycles. The van der Waals surface area contributed by atoms with Crippen LogP contribution >= 0.6 is 0 Å². The highest BCUT2D eigenvalue weighted by Gasteiger charge is 2.49. The molecule has 0 spiro atoms. The van der Waals surface area contributed by atoms with Crippen LogP contribution in [0.2, 0.25) is 0 Å². The van der Waals surface area contributed by atoms with E-state index in [1.807, 2.05) is 0 Å². The van der Waals surface area contributed by atoms with E-state index in [1.54, 1.807) is 30.0 Å². The smallest absolute Gasteiger partial charge is 0.319 e. The lowest BCUT2D eigenvalue weighted by atomic mass is 10.0. The Hall–Kier alpha value is -2.10. The lowest BCUT2D eigenvalue weighted by Crippen LogP contribution is -2.63. The van der Waals surface area contributed by atoms with Crippen molar-refractivity contribution in [3.05, 3.63) is 18.0 Å². The summed E-state index contributed by atoms with van der Waals surface area (Å²) in [6.45, 7) is 0.613. The predicted octanol–water partition coefficient (Wildman–Crippen LogP) is -0.985. The Morgan fingerprint density at radius 1 is 1.22 bits per heavy atom. The molecule has 1 aromatic heterocycles. The zero-order valence-corrected chi connectivity index (χ0v) is 13.8. The molecule has 10 heteroatoms. The van der Waals surface area contributed by atoms with Crippen LogP contribution in [0.25, 0.3) is 0 Å². The third-order valence-electron chi connectivity index (χ3n) is 4.30. The van der Waals surface area contributed by atoms with E-state index in [1.165, 1.54) is 11.1 Å². The highest BCUT2D eigenvalue weighted by molar-refractivity contribution is 7.91. The lowest BCUT2D eigenvalue weighted by molar-refractivity contribution is 0.0388. The summed E-state index contributed by atoms with van der Waals surface area (Å²) in [5, 5.41) is 6.36. The summed E-state index contributed by atoms with van der Waals surface area (Å²) in [7, 11) is -0.0326. The van der Waals surface area contributed by atoms with Crippen LogP contribution in [-0.4, -0.2) is 96.0 Å². The normalized spacial score (nSPS) is 26.0. The number of sulfone groups is 1. The Bertz CT molecular complexity index is 715. The molecular formula is C13H19N5O4S. The third-order valence-corrected chi connectivity index (χ3v) is 6.00. The summed E-state index contributed by atoms with van der Waals surface area (Å²) < 4.78 is 24.2. The molecule has 2 aliphatic rings. The molecule has 3 rings (SSSR count). The number of aromatic amines is 1. The number of fused-ring (bicyclic) bond motifs is 1. The maximum absolute atomic E-state index is 12.6. The van der Waals surface area contributed by atoms with Gasteiger partial charge in [0, 0.05) is 33.4 Å². The first kappa shape index (κ1) is 15.8. The number of rotatable bonds is 1. The average molecular weight is 341 g/mol. The fraction of sp³-hybridized carbons (Fsp3) is 0.615. The van der Waals surface area contributed by atoms with E-state index in [2.05, 4.69) is 10.2 Å². The van der Waals surface area contributed by atoms with E-state index in [0.29, 0.717) is 18.8 Å². The van der Waals surface area contributed by atoms with E-state index < -0.39 is 21.9 Å². The molecule has 1 aromatic rings. The first-order valence-corrected chi connectivity index (χ1v) is 9.11. The lowest BCUT2D eigenvalue weighted by Gasteiger charge is -2.44. The number of hydrogen-bond donors (Lipinski definition) is 1. The molecule has 0 aliphatic carbocycles. The van der Waals surface area contributed by atoms with Crippen LogP contribution < -0.4 is 0 Å². The van der Waals surface area contributed by atoms with Crippen LogP contribution in [0.5, 0.6) is 0 Å². The van der Waals surface area contributed by atoms with Gasteiger partial charge in [0.15, 0.2) is 9.84 Å². The molecule has 0 aromatic carbocycles. The molecule has 126 valence electrons. The van der Waals surface area contributed by atoms with Gasteiger partial charge in [-0.1, -0.05) is 0 Å². The molecule has 2 fully saturated rings. The average Bonchev–Trinajstić information content (AvgIpc) is 3.10. The van der Waals surface area contributed by atoms with Crippen molar-refractivity contribution in [3.63, 3.8) is 0 Å². The van der Waals surface area contributed by atoms with E-state index in [9.17, 15) is 18.0 Å². The van der Waals surface area contributed by atoms with Gasteiger partial charge >= 0.3 is 6.03 Å². The zero-order chi connectivity index (χ0) is 16.8. The second kappa shape index (κ2) is 5.52. The van der Waals surface area contributed by atoms with Gasteiger partial charge in [0.05, 0.1) is 23.6 Å². The Morgan fingerprint density at radius 3 is 2.39 bits per heavy atom.